The minimum absolute atomic E-state index is 0.0845. The third-order valence-corrected chi connectivity index (χ3v) is 5.37. The Morgan fingerprint density at radius 2 is 2.00 bits per heavy atom. The summed E-state index contributed by atoms with van der Waals surface area (Å²) in [6.07, 6.45) is 5.09. The van der Waals surface area contributed by atoms with Crippen LogP contribution in [0.1, 0.15) is 29.8 Å². The molecule has 1 aromatic heterocycles. The van der Waals surface area contributed by atoms with Crippen molar-refractivity contribution in [2.45, 2.75) is 31.3 Å². The quantitative estimate of drug-likeness (QED) is 0.739. The number of hydrogen-bond acceptors (Lipinski definition) is 5. The largest absolute Gasteiger partial charge is 0.383 e. The average Bonchev–Trinajstić information content (AvgIpc) is 3.07. The fourth-order valence-electron chi connectivity index (χ4n) is 3.92. The van der Waals surface area contributed by atoms with Crippen LogP contribution in [0.2, 0.25) is 0 Å². The molecule has 134 valence electrons. The van der Waals surface area contributed by atoms with Gasteiger partial charge in [0.1, 0.15) is 5.69 Å². The predicted octanol–water partition coefficient (Wildman–Crippen LogP) is 0.856. The zero-order valence-electron chi connectivity index (χ0n) is 14.7. The van der Waals surface area contributed by atoms with Crippen LogP contribution < -0.4 is 0 Å². The Hall–Kier alpha value is -1.44. The van der Waals surface area contributed by atoms with Crippen LogP contribution in [-0.4, -0.2) is 84.6 Å². The van der Waals surface area contributed by atoms with Crippen molar-refractivity contribution in [2.24, 2.45) is 0 Å². The van der Waals surface area contributed by atoms with Crippen molar-refractivity contribution in [2.75, 3.05) is 53.6 Å². The van der Waals surface area contributed by atoms with E-state index in [-0.39, 0.29) is 11.4 Å². The first-order valence-corrected chi connectivity index (χ1v) is 8.74. The number of amides is 1. The molecule has 1 amide bonds. The molecule has 0 unspecified atom stereocenters. The Kier molecular flexibility index (Phi) is 5.53. The Morgan fingerprint density at radius 3 is 2.71 bits per heavy atom. The van der Waals surface area contributed by atoms with E-state index in [2.05, 4.69) is 10.00 Å². The van der Waals surface area contributed by atoms with Gasteiger partial charge in [-0.15, -0.1) is 0 Å². The Balaban J connectivity index is 1.66. The second kappa shape index (κ2) is 7.63. The molecular weight excluding hydrogens is 308 g/mol. The molecule has 24 heavy (non-hydrogen) atoms. The maximum atomic E-state index is 13.0. The van der Waals surface area contributed by atoms with Crippen LogP contribution in [0, 0.1) is 0 Å². The van der Waals surface area contributed by atoms with E-state index in [1.807, 2.05) is 11.0 Å². The van der Waals surface area contributed by atoms with E-state index >= 15 is 0 Å². The summed E-state index contributed by atoms with van der Waals surface area (Å²) in [4.78, 5) is 17.5. The molecular formula is C17H28N4O3. The number of rotatable bonds is 7. The lowest BCUT2D eigenvalue weighted by Gasteiger charge is -2.57. The Labute approximate surface area is 143 Å². The number of aromatic nitrogens is 2. The van der Waals surface area contributed by atoms with Crippen LogP contribution in [0.4, 0.5) is 0 Å². The smallest absolute Gasteiger partial charge is 0.272 e. The third kappa shape index (κ3) is 3.34. The van der Waals surface area contributed by atoms with Crippen LogP contribution in [0.5, 0.6) is 0 Å². The van der Waals surface area contributed by atoms with Gasteiger partial charge in [-0.2, -0.15) is 5.10 Å². The van der Waals surface area contributed by atoms with Gasteiger partial charge in [0, 0.05) is 52.1 Å². The number of nitrogens with zero attached hydrogens (tertiary/aromatic N) is 4. The summed E-state index contributed by atoms with van der Waals surface area (Å²) in [6.45, 7) is 5.60. The SMILES string of the molecule is COCCN1CC[C@@]12CCCN(C(=O)c1ccnn1CCOC)C2. The molecule has 0 saturated carbocycles. The molecule has 1 spiro atoms. The summed E-state index contributed by atoms with van der Waals surface area (Å²) in [6, 6.07) is 1.81. The van der Waals surface area contributed by atoms with Crippen molar-refractivity contribution in [3.8, 4) is 0 Å². The Bertz CT molecular complexity index is 562. The highest BCUT2D eigenvalue weighted by Gasteiger charge is 2.47. The van der Waals surface area contributed by atoms with Crippen LogP contribution in [0.25, 0.3) is 0 Å². The molecule has 2 aliphatic rings. The molecule has 7 nitrogen and oxygen atoms in total. The van der Waals surface area contributed by atoms with Gasteiger partial charge in [0.05, 0.1) is 19.8 Å². The highest BCUT2D eigenvalue weighted by molar-refractivity contribution is 5.92. The van der Waals surface area contributed by atoms with E-state index in [0.717, 1.165) is 39.2 Å². The normalized spacial score (nSPS) is 24.3. The van der Waals surface area contributed by atoms with Crippen molar-refractivity contribution in [3.05, 3.63) is 18.0 Å². The number of hydrogen-bond donors (Lipinski definition) is 0. The monoisotopic (exact) mass is 336 g/mol. The lowest BCUT2D eigenvalue weighted by Crippen LogP contribution is -2.67. The van der Waals surface area contributed by atoms with Gasteiger partial charge in [-0.05, 0) is 25.3 Å². The number of likely N-dealkylation sites (tertiary alicyclic amines) is 2. The topological polar surface area (TPSA) is 59.8 Å². The summed E-state index contributed by atoms with van der Waals surface area (Å²) in [7, 11) is 3.40. The minimum Gasteiger partial charge on any atom is -0.383 e. The molecule has 1 aromatic rings. The fraction of sp³-hybridized carbons (Fsp3) is 0.765. The first-order chi connectivity index (χ1) is 11.7. The number of ether oxygens (including phenoxy) is 2. The molecule has 3 heterocycles. The standard InChI is InChI=1S/C17H28N4O3/c1-23-12-10-20-9-6-17(20)5-3-8-19(14-17)16(22)15-4-7-18-21(15)11-13-24-2/h4,7H,3,5-6,8-14H2,1-2H3/t17-/m1/s1. The summed E-state index contributed by atoms with van der Waals surface area (Å²) in [5.41, 5.74) is 0.816. The first-order valence-electron chi connectivity index (χ1n) is 8.74. The molecule has 0 aromatic carbocycles. The van der Waals surface area contributed by atoms with Crippen molar-refractivity contribution in [3.63, 3.8) is 0 Å². The molecule has 7 heteroatoms. The zero-order valence-corrected chi connectivity index (χ0v) is 14.7. The van der Waals surface area contributed by atoms with E-state index in [9.17, 15) is 4.79 Å². The first kappa shape index (κ1) is 17.4. The number of methoxy groups -OCH3 is 2. The van der Waals surface area contributed by atoms with Gasteiger partial charge >= 0.3 is 0 Å². The van der Waals surface area contributed by atoms with Crippen molar-refractivity contribution >= 4 is 5.91 Å². The van der Waals surface area contributed by atoms with Crippen molar-refractivity contribution in [1.29, 1.82) is 0 Å². The summed E-state index contributed by atoms with van der Waals surface area (Å²) >= 11 is 0. The van der Waals surface area contributed by atoms with Crippen molar-refractivity contribution in [1.82, 2.24) is 19.6 Å². The molecule has 3 rings (SSSR count). The third-order valence-electron chi connectivity index (χ3n) is 5.37. The van der Waals surface area contributed by atoms with E-state index < -0.39 is 0 Å². The summed E-state index contributed by atoms with van der Waals surface area (Å²) in [5.74, 6) is 0.0845. The van der Waals surface area contributed by atoms with Gasteiger partial charge in [0.25, 0.3) is 5.91 Å². The van der Waals surface area contributed by atoms with E-state index in [1.54, 1.807) is 25.1 Å². The van der Waals surface area contributed by atoms with Crippen LogP contribution >= 0.6 is 0 Å². The fourth-order valence-corrected chi connectivity index (χ4v) is 3.92. The molecule has 0 bridgehead atoms. The number of carbonyl (C=O) groups excluding carboxylic acids is 1. The number of carbonyl (C=O) groups is 1. The number of piperidine rings is 1. The maximum absolute atomic E-state index is 13.0. The molecule has 1 atom stereocenters. The van der Waals surface area contributed by atoms with Crippen LogP contribution in [0.3, 0.4) is 0 Å². The molecule has 2 aliphatic heterocycles. The van der Waals surface area contributed by atoms with Gasteiger partial charge in [0.2, 0.25) is 0 Å². The molecule has 0 N–H and O–H groups in total. The van der Waals surface area contributed by atoms with Gasteiger partial charge in [-0.25, -0.2) is 0 Å². The van der Waals surface area contributed by atoms with Gasteiger partial charge in [0.15, 0.2) is 0 Å². The molecule has 0 aliphatic carbocycles. The highest BCUT2D eigenvalue weighted by atomic mass is 16.5. The van der Waals surface area contributed by atoms with Gasteiger partial charge < -0.3 is 14.4 Å². The Morgan fingerprint density at radius 1 is 1.21 bits per heavy atom. The van der Waals surface area contributed by atoms with Crippen LogP contribution in [0.15, 0.2) is 12.3 Å². The maximum Gasteiger partial charge on any atom is 0.272 e. The predicted molar refractivity (Wildman–Crippen MR) is 90.0 cm³/mol. The van der Waals surface area contributed by atoms with E-state index in [0.29, 0.717) is 18.8 Å². The average molecular weight is 336 g/mol. The molecule has 2 saturated heterocycles. The minimum atomic E-state index is 0.0845. The lowest BCUT2D eigenvalue weighted by atomic mass is 9.77. The summed E-state index contributed by atoms with van der Waals surface area (Å²) in [5, 5.41) is 4.26. The lowest BCUT2D eigenvalue weighted by molar-refractivity contribution is -0.0680. The molecule has 0 radical (unpaired) electrons. The highest BCUT2D eigenvalue weighted by Crippen LogP contribution is 2.38. The van der Waals surface area contributed by atoms with E-state index in [4.69, 9.17) is 9.47 Å². The molecule has 2 fully saturated rings. The van der Waals surface area contributed by atoms with Crippen molar-refractivity contribution < 1.29 is 14.3 Å². The van der Waals surface area contributed by atoms with Gasteiger partial charge in [-0.1, -0.05) is 0 Å². The van der Waals surface area contributed by atoms with E-state index in [1.165, 1.54) is 12.8 Å². The second-order valence-electron chi connectivity index (χ2n) is 6.72. The second-order valence-corrected chi connectivity index (χ2v) is 6.72. The van der Waals surface area contributed by atoms with Crippen LogP contribution in [-0.2, 0) is 16.0 Å². The summed E-state index contributed by atoms with van der Waals surface area (Å²) < 4.78 is 12.1. The van der Waals surface area contributed by atoms with Gasteiger partial charge in [-0.3, -0.25) is 14.4 Å². The zero-order chi connectivity index (χ0) is 17.0.